The first-order valence-electron chi connectivity index (χ1n) is 6.07. The number of hydrogen-bond donors (Lipinski definition) is 0. The molecule has 2 nitrogen and oxygen atoms in total. The second-order valence-electron chi connectivity index (χ2n) is 4.36. The predicted octanol–water partition coefficient (Wildman–Crippen LogP) is 3.80. The summed E-state index contributed by atoms with van der Waals surface area (Å²) < 4.78 is 5.13. The van der Waals surface area contributed by atoms with Crippen molar-refractivity contribution in [2.75, 3.05) is 7.11 Å². The molecule has 0 saturated heterocycles. The van der Waals surface area contributed by atoms with Crippen LogP contribution in [0.4, 0.5) is 0 Å². The van der Waals surface area contributed by atoms with Crippen LogP contribution in [0.15, 0.2) is 35.9 Å². The number of benzene rings is 1. The van der Waals surface area contributed by atoms with Gasteiger partial charge in [-0.05, 0) is 43.4 Å². The van der Waals surface area contributed by atoms with Crippen LogP contribution in [0.2, 0.25) is 0 Å². The maximum absolute atomic E-state index is 9.34. The average molecular weight is 227 g/mol. The number of rotatable bonds is 3. The van der Waals surface area contributed by atoms with Gasteiger partial charge in [-0.15, -0.1) is 0 Å². The van der Waals surface area contributed by atoms with Crippen LogP contribution in [0.1, 0.15) is 37.2 Å². The zero-order valence-electron chi connectivity index (χ0n) is 10.1. The van der Waals surface area contributed by atoms with Crippen molar-refractivity contribution in [3.8, 4) is 11.8 Å². The lowest BCUT2D eigenvalue weighted by Crippen LogP contribution is -2.03. The first kappa shape index (κ1) is 11.7. The van der Waals surface area contributed by atoms with Gasteiger partial charge in [0.2, 0.25) is 0 Å². The van der Waals surface area contributed by atoms with Gasteiger partial charge in [0.15, 0.2) is 0 Å². The van der Waals surface area contributed by atoms with Crippen molar-refractivity contribution in [3.05, 3.63) is 41.5 Å². The lowest BCUT2D eigenvalue weighted by molar-refractivity contribution is 0.414. The molecule has 0 amide bonds. The Morgan fingerprint density at radius 1 is 1.24 bits per heavy atom. The number of allylic oxidation sites excluding steroid dienone is 2. The van der Waals surface area contributed by atoms with Gasteiger partial charge in [-0.3, -0.25) is 0 Å². The van der Waals surface area contributed by atoms with Crippen molar-refractivity contribution in [1.82, 2.24) is 0 Å². The van der Waals surface area contributed by atoms with Crippen LogP contribution in [0.5, 0.6) is 5.75 Å². The summed E-state index contributed by atoms with van der Waals surface area (Å²) in [5.41, 5.74) is 2.35. The highest BCUT2D eigenvalue weighted by molar-refractivity contribution is 5.38. The van der Waals surface area contributed by atoms with E-state index in [4.69, 9.17) is 4.74 Å². The van der Waals surface area contributed by atoms with Crippen molar-refractivity contribution < 1.29 is 4.74 Å². The molecule has 1 atom stereocenters. The first-order chi connectivity index (χ1) is 8.35. The third-order valence-electron chi connectivity index (χ3n) is 3.28. The van der Waals surface area contributed by atoms with Crippen molar-refractivity contribution in [2.24, 2.45) is 0 Å². The number of hydrogen-bond acceptors (Lipinski definition) is 2. The number of methoxy groups -OCH3 is 1. The normalized spacial score (nSPS) is 16.8. The summed E-state index contributed by atoms with van der Waals surface area (Å²) in [5.74, 6) is 0.754. The zero-order valence-corrected chi connectivity index (χ0v) is 10.1. The molecule has 0 saturated carbocycles. The van der Waals surface area contributed by atoms with Gasteiger partial charge in [0.25, 0.3) is 0 Å². The Morgan fingerprint density at radius 3 is 2.53 bits per heavy atom. The minimum Gasteiger partial charge on any atom is -0.497 e. The zero-order chi connectivity index (χ0) is 12.1. The second kappa shape index (κ2) is 5.54. The molecule has 1 aliphatic carbocycles. The summed E-state index contributed by atoms with van der Waals surface area (Å²) in [6.07, 6.45) is 6.87. The molecule has 0 fully saturated rings. The van der Waals surface area contributed by atoms with Gasteiger partial charge >= 0.3 is 0 Å². The van der Waals surface area contributed by atoms with E-state index in [9.17, 15) is 5.26 Å². The van der Waals surface area contributed by atoms with Crippen LogP contribution in [-0.2, 0) is 0 Å². The molecule has 1 unspecified atom stereocenters. The lowest BCUT2D eigenvalue weighted by Gasteiger charge is -2.18. The van der Waals surface area contributed by atoms with E-state index in [1.165, 1.54) is 18.4 Å². The van der Waals surface area contributed by atoms with Crippen LogP contribution in [0, 0.1) is 11.3 Å². The Morgan fingerprint density at radius 2 is 2.00 bits per heavy atom. The Hall–Kier alpha value is -1.75. The Bertz CT molecular complexity index is 439. The molecule has 0 heterocycles. The minimum atomic E-state index is -0.0822. The topological polar surface area (TPSA) is 33.0 Å². The van der Waals surface area contributed by atoms with Gasteiger partial charge < -0.3 is 4.74 Å². The maximum Gasteiger partial charge on any atom is 0.118 e. The SMILES string of the molecule is COc1ccc(C(C#N)C2=CCCCC2)cc1. The quantitative estimate of drug-likeness (QED) is 0.736. The molecule has 1 aliphatic rings. The highest BCUT2D eigenvalue weighted by Gasteiger charge is 2.17. The van der Waals surface area contributed by atoms with Crippen LogP contribution in [0.25, 0.3) is 0 Å². The van der Waals surface area contributed by atoms with Crippen LogP contribution in [-0.4, -0.2) is 7.11 Å². The van der Waals surface area contributed by atoms with Crippen molar-refractivity contribution in [3.63, 3.8) is 0 Å². The molecule has 0 N–H and O–H groups in total. The minimum absolute atomic E-state index is 0.0822. The largest absolute Gasteiger partial charge is 0.497 e. The Balaban J connectivity index is 2.23. The monoisotopic (exact) mass is 227 g/mol. The summed E-state index contributed by atoms with van der Waals surface area (Å²) in [6, 6.07) is 10.2. The third-order valence-corrected chi connectivity index (χ3v) is 3.28. The molecular formula is C15H17NO. The highest BCUT2D eigenvalue weighted by atomic mass is 16.5. The number of nitrogens with zero attached hydrogens (tertiary/aromatic N) is 1. The molecule has 1 aromatic carbocycles. The second-order valence-corrected chi connectivity index (χ2v) is 4.36. The number of ether oxygens (including phenoxy) is 1. The fourth-order valence-corrected chi connectivity index (χ4v) is 2.29. The molecule has 0 radical (unpaired) electrons. The highest BCUT2D eigenvalue weighted by Crippen LogP contribution is 2.31. The molecule has 0 aliphatic heterocycles. The van der Waals surface area contributed by atoms with E-state index in [0.29, 0.717) is 0 Å². The van der Waals surface area contributed by atoms with E-state index >= 15 is 0 Å². The molecule has 0 aromatic heterocycles. The van der Waals surface area contributed by atoms with Gasteiger partial charge in [-0.25, -0.2) is 0 Å². The van der Waals surface area contributed by atoms with Crippen LogP contribution in [0.3, 0.4) is 0 Å². The smallest absolute Gasteiger partial charge is 0.118 e. The predicted molar refractivity (Wildman–Crippen MR) is 67.9 cm³/mol. The standard InChI is InChI=1S/C15H17NO/c1-17-14-9-7-13(8-10-14)15(11-16)12-5-3-2-4-6-12/h5,7-10,15H,2-4,6H2,1H3. The van der Waals surface area contributed by atoms with Crippen molar-refractivity contribution in [1.29, 1.82) is 5.26 Å². The summed E-state index contributed by atoms with van der Waals surface area (Å²) in [6.45, 7) is 0. The van der Waals surface area contributed by atoms with Gasteiger partial charge in [0, 0.05) is 0 Å². The summed E-state index contributed by atoms with van der Waals surface area (Å²) in [7, 11) is 1.65. The Kier molecular flexibility index (Phi) is 3.82. The van der Waals surface area contributed by atoms with Gasteiger partial charge in [-0.1, -0.05) is 23.8 Å². The molecule has 17 heavy (non-hydrogen) atoms. The Labute approximate surface area is 103 Å². The van der Waals surface area contributed by atoms with E-state index in [1.807, 2.05) is 24.3 Å². The molecule has 2 rings (SSSR count). The molecule has 0 bridgehead atoms. The van der Waals surface area contributed by atoms with Gasteiger partial charge in [0.1, 0.15) is 5.75 Å². The fourth-order valence-electron chi connectivity index (χ4n) is 2.29. The molecule has 2 heteroatoms. The van der Waals surface area contributed by atoms with E-state index < -0.39 is 0 Å². The third kappa shape index (κ3) is 2.68. The van der Waals surface area contributed by atoms with E-state index in [0.717, 1.165) is 24.2 Å². The van der Waals surface area contributed by atoms with E-state index in [-0.39, 0.29) is 5.92 Å². The van der Waals surface area contributed by atoms with Crippen LogP contribution >= 0.6 is 0 Å². The average Bonchev–Trinajstić information content (AvgIpc) is 2.42. The molecule has 1 aromatic rings. The van der Waals surface area contributed by atoms with Gasteiger partial charge in [-0.2, -0.15) is 5.26 Å². The first-order valence-corrected chi connectivity index (χ1v) is 6.07. The maximum atomic E-state index is 9.34. The number of nitriles is 1. The van der Waals surface area contributed by atoms with E-state index in [2.05, 4.69) is 12.1 Å². The summed E-state index contributed by atoms with van der Waals surface area (Å²) in [5, 5.41) is 9.34. The fraction of sp³-hybridized carbons (Fsp3) is 0.400. The van der Waals surface area contributed by atoms with E-state index in [1.54, 1.807) is 7.11 Å². The van der Waals surface area contributed by atoms with Crippen LogP contribution < -0.4 is 4.74 Å². The van der Waals surface area contributed by atoms with Crippen molar-refractivity contribution in [2.45, 2.75) is 31.6 Å². The molecule has 0 spiro atoms. The summed E-state index contributed by atoms with van der Waals surface area (Å²) >= 11 is 0. The molecular weight excluding hydrogens is 210 g/mol. The molecule has 88 valence electrons. The van der Waals surface area contributed by atoms with Gasteiger partial charge in [0.05, 0.1) is 19.1 Å². The lowest BCUT2D eigenvalue weighted by atomic mass is 9.85. The summed E-state index contributed by atoms with van der Waals surface area (Å²) in [4.78, 5) is 0. The van der Waals surface area contributed by atoms with Crippen molar-refractivity contribution >= 4 is 0 Å².